The van der Waals surface area contributed by atoms with Crippen molar-refractivity contribution in [2.24, 2.45) is 0 Å². The van der Waals surface area contributed by atoms with E-state index in [1.807, 2.05) is 6.92 Å². The highest BCUT2D eigenvalue weighted by Crippen LogP contribution is 2.40. The maximum Gasteiger partial charge on any atom is 0.355 e. The van der Waals surface area contributed by atoms with E-state index in [-0.39, 0.29) is 23.4 Å². The molecule has 3 atom stereocenters. The largest absolute Gasteiger partial charge is 0.516 e. The fourth-order valence-electron chi connectivity index (χ4n) is 3.48. The average Bonchev–Trinajstić information content (AvgIpc) is 3.22. The highest BCUT2D eigenvalue weighted by molar-refractivity contribution is 5.99. The first-order chi connectivity index (χ1) is 13.4. The van der Waals surface area contributed by atoms with E-state index < -0.39 is 36.9 Å². The second-order valence-corrected chi connectivity index (χ2v) is 6.48. The van der Waals surface area contributed by atoms with E-state index in [1.165, 1.54) is 24.9 Å². The van der Waals surface area contributed by atoms with Crippen LogP contribution >= 0.6 is 0 Å². The maximum absolute atomic E-state index is 12.6. The predicted octanol–water partition coefficient (Wildman–Crippen LogP) is 1.57. The monoisotopic (exact) mass is 397 g/mol. The van der Waals surface area contributed by atoms with E-state index in [4.69, 9.17) is 14.2 Å². The second-order valence-electron chi connectivity index (χ2n) is 6.48. The lowest BCUT2D eigenvalue weighted by Crippen LogP contribution is -2.24. The number of methoxy groups -OCH3 is 2. The first-order valence-corrected chi connectivity index (χ1v) is 9.13. The van der Waals surface area contributed by atoms with Crippen LogP contribution in [0, 0.1) is 0 Å². The molecule has 0 aromatic carbocycles. The van der Waals surface area contributed by atoms with Gasteiger partial charge >= 0.3 is 11.9 Å². The van der Waals surface area contributed by atoms with Gasteiger partial charge in [-0.1, -0.05) is 13.3 Å². The Morgan fingerprint density at radius 3 is 2.39 bits per heavy atom. The fraction of sp³-hybridized carbons (Fsp3) is 0.579. The molecule has 1 fully saturated rings. The van der Waals surface area contributed by atoms with Gasteiger partial charge in [0.25, 0.3) is 0 Å². The average molecular weight is 397 g/mol. The molecule has 2 heterocycles. The number of hydrogen-bond acceptors (Lipinski definition) is 8. The molecule has 3 N–H and O–H groups in total. The summed E-state index contributed by atoms with van der Waals surface area (Å²) in [6.45, 7) is 1.92. The molecule has 9 nitrogen and oxygen atoms in total. The molecule has 1 aromatic heterocycles. The lowest BCUT2D eigenvalue weighted by Gasteiger charge is -2.15. The van der Waals surface area contributed by atoms with Gasteiger partial charge in [0, 0.05) is 24.1 Å². The second kappa shape index (κ2) is 9.72. The number of carbonyl (C=O) groups excluding carboxylic acids is 2. The third-order valence-electron chi connectivity index (χ3n) is 4.80. The van der Waals surface area contributed by atoms with Crippen LogP contribution in [-0.2, 0) is 20.8 Å². The van der Waals surface area contributed by atoms with Crippen molar-refractivity contribution in [2.45, 2.75) is 51.0 Å². The molecule has 0 saturated carbocycles. The Bertz CT molecular complexity index is 739. The third kappa shape index (κ3) is 4.06. The predicted molar refractivity (Wildman–Crippen MR) is 99.0 cm³/mol. The van der Waals surface area contributed by atoms with Crippen LogP contribution < -0.4 is 0 Å². The summed E-state index contributed by atoms with van der Waals surface area (Å²) in [7, 11) is 2.45. The van der Waals surface area contributed by atoms with Gasteiger partial charge in [0.15, 0.2) is 0 Å². The number of rotatable bonds is 8. The standard InChI is InChI=1S/C19H27NO8/c1-4-5-7-20-16(18(24)26-2)11(6-8-21)15(17(20)19(25)27-3)13-9-12(23)14(10-22)28-13/h6,8,12-14,21-23H,4-5,7,9-10H2,1-3H3. The molecule has 3 unspecified atom stereocenters. The number of aliphatic hydroxyl groups is 3. The Morgan fingerprint density at radius 1 is 1.25 bits per heavy atom. The molecule has 156 valence electrons. The maximum atomic E-state index is 12.6. The van der Waals surface area contributed by atoms with Gasteiger partial charge in [-0.3, -0.25) is 0 Å². The normalized spacial score (nSPS) is 22.0. The SMILES string of the molecule is CCCCn1c(C(=O)OC)c(C=CO)c(C2CC(O)C(CO)O2)c1C(=O)OC. The summed E-state index contributed by atoms with van der Waals surface area (Å²) in [5.74, 6) is -1.36. The molecule has 0 bridgehead atoms. The van der Waals surface area contributed by atoms with Crippen LogP contribution in [0.2, 0.25) is 0 Å². The van der Waals surface area contributed by atoms with Crippen LogP contribution in [0.1, 0.15) is 64.4 Å². The molecule has 0 spiro atoms. The molecule has 28 heavy (non-hydrogen) atoms. The van der Waals surface area contributed by atoms with Gasteiger partial charge in [0.2, 0.25) is 0 Å². The van der Waals surface area contributed by atoms with E-state index in [2.05, 4.69) is 0 Å². The minimum absolute atomic E-state index is 0.0854. The zero-order valence-corrected chi connectivity index (χ0v) is 16.3. The molecule has 0 amide bonds. The van der Waals surface area contributed by atoms with Crippen molar-refractivity contribution in [1.82, 2.24) is 4.57 Å². The number of ether oxygens (including phenoxy) is 3. The fourth-order valence-corrected chi connectivity index (χ4v) is 3.48. The van der Waals surface area contributed by atoms with Crippen LogP contribution in [0.3, 0.4) is 0 Å². The number of aliphatic hydroxyl groups excluding tert-OH is 3. The van der Waals surface area contributed by atoms with Crippen LogP contribution in [0.15, 0.2) is 6.26 Å². The Kier molecular flexibility index (Phi) is 7.61. The lowest BCUT2D eigenvalue weighted by molar-refractivity contribution is -0.0229. The van der Waals surface area contributed by atoms with E-state index in [0.29, 0.717) is 18.5 Å². The van der Waals surface area contributed by atoms with Crippen molar-refractivity contribution in [3.8, 4) is 0 Å². The Hall–Kier alpha value is -2.36. The van der Waals surface area contributed by atoms with Crippen molar-refractivity contribution in [1.29, 1.82) is 0 Å². The van der Waals surface area contributed by atoms with Gasteiger partial charge in [0.1, 0.15) is 17.5 Å². The highest BCUT2D eigenvalue weighted by Gasteiger charge is 2.41. The van der Waals surface area contributed by atoms with Crippen LogP contribution in [0.4, 0.5) is 0 Å². The Balaban J connectivity index is 2.77. The number of esters is 2. The summed E-state index contributed by atoms with van der Waals surface area (Å²) in [5, 5.41) is 28.9. The van der Waals surface area contributed by atoms with E-state index in [0.717, 1.165) is 12.7 Å². The van der Waals surface area contributed by atoms with Crippen molar-refractivity contribution in [2.75, 3.05) is 20.8 Å². The molecular weight excluding hydrogens is 370 g/mol. The zero-order chi connectivity index (χ0) is 20.8. The number of nitrogens with zero attached hydrogens (tertiary/aromatic N) is 1. The van der Waals surface area contributed by atoms with Gasteiger partial charge in [-0.15, -0.1) is 0 Å². The van der Waals surface area contributed by atoms with Gasteiger partial charge in [-0.05, 0) is 12.5 Å². The van der Waals surface area contributed by atoms with Crippen molar-refractivity contribution in [3.63, 3.8) is 0 Å². The number of unbranched alkanes of at least 4 members (excludes halogenated alkanes) is 1. The van der Waals surface area contributed by atoms with E-state index in [1.54, 1.807) is 0 Å². The van der Waals surface area contributed by atoms with Gasteiger partial charge in [-0.25, -0.2) is 9.59 Å². The minimum atomic E-state index is -0.938. The lowest BCUT2D eigenvalue weighted by atomic mass is 9.99. The molecule has 1 aromatic rings. The van der Waals surface area contributed by atoms with Crippen molar-refractivity contribution < 1.29 is 39.1 Å². The quantitative estimate of drug-likeness (QED) is 0.446. The zero-order valence-electron chi connectivity index (χ0n) is 16.3. The van der Waals surface area contributed by atoms with Crippen LogP contribution in [-0.4, -0.2) is 64.9 Å². The molecule has 0 radical (unpaired) electrons. The molecule has 9 heteroatoms. The molecule has 2 rings (SSSR count). The smallest absolute Gasteiger partial charge is 0.355 e. The summed E-state index contributed by atoms with van der Waals surface area (Å²) in [6, 6.07) is 0. The first-order valence-electron chi connectivity index (χ1n) is 9.13. The summed E-state index contributed by atoms with van der Waals surface area (Å²) in [4.78, 5) is 25.2. The van der Waals surface area contributed by atoms with E-state index in [9.17, 15) is 24.9 Å². The van der Waals surface area contributed by atoms with Gasteiger partial charge < -0.3 is 34.1 Å². The number of hydrogen-bond donors (Lipinski definition) is 3. The molecule has 1 aliphatic rings. The Labute approximate surface area is 163 Å². The summed E-state index contributed by atoms with van der Waals surface area (Å²) in [5.41, 5.74) is 0.743. The number of carbonyl (C=O) groups is 2. The van der Waals surface area contributed by atoms with Crippen molar-refractivity contribution >= 4 is 18.0 Å². The minimum Gasteiger partial charge on any atom is -0.516 e. The molecular formula is C19H27NO8. The van der Waals surface area contributed by atoms with Gasteiger partial charge in [-0.2, -0.15) is 0 Å². The Morgan fingerprint density at radius 2 is 1.89 bits per heavy atom. The summed E-state index contributed by atoms with van der Waals surface area (Å²) >= 11 is 0. The highest BCUT2D eigenvalue weighted by atomic mass is 16.5. The third-order valence-corrected chi connectivity index (χ3v) is 4.80. The number of aromatic nitrogens is 1. The van der Waals surface area contributed by atoms with Crippen LogP contribution in [0.5, 0.6) is 0 Å². The summed E-state index contributed by atoms with van der Waals surface area (Å²) < 4.78 is 17.1. The van der Waals surface area contributed by atoms with Crippen LogP contribution in [0.25, 0.3) is 6.08 Å². The molecule has 0 aliphatic carbocycles. The molecule has 1 aliphatic heterocycles. The summed E-state index contributed by atoms with van der Waals surface area (Å²) in [6.07, 6.45) is 1.10. The van der Waals surface area contributed by atoms with Gasteiger partial charge in [0.05, 0.1) is 39.3 Å². The van der Waals surface area contributed by atoms with Crippen molar-refractivity contribution in [3.05, 3.63) is 28.8 Å². The van der Waals surface area contributed by atoms with E-state index >= 15 is 0 Å². The first kappa shape index (κ1) is 21.9. The topological polar surface area (TPSA) is 127 Å². The molecule has 1 saturated heterocycles.